The fourth-order valence-electron chi connectivity index (χ4n) is 3.13. The molecule has 4 aromatic rings. The van der Waals surface area contributed by atoms with Crippen molar-refractivity contribution >= 4 is 16.9 Å². The Bertz CT molecular complexity index is 1130. The first-order valence-corrected chi connectivity index (χ1v) is 9.25. The molecule has 146 valence electrons. The molecule has 0 aliphatic carbocycles. The van der Waals surface area contributed by atoms with Crippen molar-refractivity contribution in [2.24, 2.45) is 0 Å². The van der Waals surface area contributed by atoms with E-state index in [9.17, 15) is 9.90 Å². The molecule has 0 saturated carbocycles. The standard InChI is InChI=1S/C24H20O5/c1-16-19-12-21(27-14-17-8-4-2-5-9-17)22(13-20(19)29-23(16)24(25)26)28-15-18-10-6-3-7-11-18/h2-13H,14-15H2,1H3,(H,25,26). The van der Waals surface area contributed by atoms with Crippen molar-refractivity contribution in [2.45, 2.75) is 20.1 Å². The number of fused-ring (bicyclic) bond motifs is 1. The number of carbonyl (C=O) groups is 1. The molecule has 4 rings (SSSR count). The summed E-state index contributed by atoms with van der Waals surface area (Å²) in [6.45, 7) is 2.46. The molecule has 0 unspecified atom stereocenters. The second-order valence-electron chi connectivity index (χ2n) is 6.70. The number of aryl methyl sites for hydroxylation is 1. The van der Waals surface area contributed by atoms with Crippen LogP contribution in [0.2, 0.25) is 0 Å². The van der Waals surface area contributed by atoms with Gasteiger partial charge in [-0.05, 0) is 24.1 Å². The smallest absolute Gasteiger partial charge is 0.372 e. The number of hydrogen-bond donors (Lipinski definition) is 1. The van der Waals surface area contributed by atoms with Crippen LogP contribution in [-0.4, -0.2) is 11.1 Å². The van der Waals surface area contributed by atoms with Crippen molar-refractivity contribution in [3.63, 3.8) is 0 Å². The predicted molar refractivity (Wildman–Crippen MR) is 109 cm³/mol. The summed E-state index contributed by atoms with van der Waals surface area (Å²) >= 11 is 0. The Kier molecular flexibility index (Phi) is 5.20. The Labute approximate surface area is 168 Å². The largest absolute Gasteiger partial charge is 0.485 e. The van der Waals surface area contributed by atoms with E-state index in [0.717, 1.165) is 11.1 Å². The average Bonchev–Trinajstić information content (AvgIpc) is 3.07. The van der Waals surface area contributed by atoms with Gasteiger partial charge >= 0.3 is 5.97 Å². The lowest BCUT2D eigenvalue weighted by Crippen LogP contribution is -2.00. The minimum absolute atomic E-state index is 0.0748. The van der Waals surface area contributed by atoms with Crippen molar-refractivity contribution in [2.75, 3.05) is 0 Å². The highest BCUT2D eigenvalue weighted by Gasteiger charge is 2.20. The molecule has 5 nitrogen and oxygen atoms in total. The zero-order valence-corrected chi connectivity index (χ0v) is 15.9. The summed E-state index contributed by atoms with van der Waals surface area (Å²) in [4.78, 5) is 11.4. The molecular formula is C24H20O5. The molecule has 0 spiro atoms. The third-order valence-electron chi connectivity index (χ3n) is 4.67. The van der Waals surface area contributed by atoms with Crippen molar-refractivity contribution in [1.82, 2.24) is 0 Å². The Morgan fingerprint density at radius 2 is 1.38 bits per heavy atom. The van der Waals surface area contributed by atoms with E-state index in [1.165, 1.54) is 0 Å². The minimum Gasteiger partial charge on any atom is -0.485 e. The van der Waals surface area contributed by atoms with Crippen LogP contribution in [0.5, 0.6) is 11.5 Å². The molecule has 0 radical (unpaired) electrons. The van der Waals surface area contributed by atoms with Crippen LogP contribution < -0.4 is 9.47 Å². The van der Waals surface area contributed by atoms with Crippen molar-refractivity contribution in [3.8, 4) is 11.5 Å². The van der Waals surface area contributed by atoms with Gasteiger partial charge in [0.25, 0.3) is 0 Å². The summed E-state index contributed by atoms with van der Waals surface area (Å²) in [5.41, 5.74) is 3.06. The monoisotopic (exact) mass is 388 g/mol. The van der Waals surface area contributed by atoms with Gasteiger partial charge < -0.3 is 19.0 Å². The number of aromatic carboxylic acids is 1. The van der Waals surface area contributed by atoms with Crippen LogP contribution in [0.15, 0.2) is 77.2 Å². The van der Waals surface area contributed by atoms with Gasteiger partial charge in [0.2, 0.25) is 5.76 Å². The first-order valence-electron chi connectivity index (χ1n) is 9.25. The predicted octanol–water partition coefficient (Wildman–Crippen LogP) is 5.60. The minimum atomic E-state index is -1.10. The van der Waals surface area contributed by atoms with E-state index in [1.807, 2.05) is 60.7 Å². The maximum atomic E-state index is 11.4. The Balaban J connectivity index is 1.68. The zero-order valence-electron chi connectivity index (χ0n) is 15.9. The Hall–Kier alpha value is -3.73. The molecule has 5 heteroatoms. The topological polar surface area (TPSA) is 68.9 Å². The van der Waals surface area contributed by atoms with E-state index in [4.69, 9.17) is 13.9 Å². The number of rotatable bonds is 7. The lowest BCUT2D eigenvalue weighted by Gasteiger charge is -2.13. The van der Waals surface area contributed by atoms with Crippen LogP contribution in [-0.2, 0) is 13.2 Å². The molecule has 0 aliphatic heterocycles. The highest BCUT2D eigenvalue weighted by Crippen LogP contribution is 2.37. The van der Waals surface area contributed by atoms with Crippen LogP contribution in [0.4, 0.5) is 0 Å². The number of benzene rings is 3. The van der Waals surface area contributed by atoms with E-state index in [1.54, 1.807) is 19.1 Å². The van der Waals surface area contributed by atoms with Gasteiger partial charge in [-0.1, -0.05) is 60.7 Å². The maximum absolute atomic E-state index is 11.4. The van der Waals surface area contributed by atoms with E-state index in [-0.39, 0.29) is 5.76 Å². The number of hydrogen-bond acceptors (Lipinski definition) is 4. The second kappa shape index (κ2) is 8.10. The van der Waals surface area contributed by atoms with E-state index >= 15 is 0 Å². The van der Waals surface area contributed by atoms with Gasteiger partial charge in [0.1, 0.15) is 18.8 Å². The number of furan rings is 1. The summed E-state index contributed by atoms with van der Waals surface area (Å²) in [5, 5.41) is 10.0. The summed E-state index contributed by atoms with van der Waals surface area (Å²) in [6.07, 6.45) is 0. The van der Waals surface area contributed by atoms with Gasteiger partial charge in [-0.15, -0.1) is 0 Å². The Morgan fingerprint density at radius 3 is 1.90 bits per heavy atom. The van der Waals surface area contributed by atoms with Gasteiger partial charge in [-0.3, -0.25) is 0 Å². The zero-order chi connectivity index (χ0) is 20.2. The molecule has 1 N–H and O–H groups in total. The SMILES string of the molecule is Cc1c(C(=O)O)oc2cc(OCc3ccccc3)c(OCc3ccccc3)cc12. The van der Waals surface area contributed by atoms with E-state index in [2.05, 4.69) is 0 Å². The summed E-state index contributed by atoms with van der Waals surface area (Å²) < 4.78 is 17.6. The molecule has 0 saturated heterocycles. The van der Waals surface area contributed by atoms with Gasteiger partial charge in [-0.2, -0.15) is 0 Å². The van der Waals surface area contributed by atoms with E-state index in [0.29, 0.717) is 41.2 Å². The van der Waals surface area contributed by atoms with Crippen LogP contribution >= 0.6 is 0 Å². The van der Waals surface area contributed by atoms with E-state index < -0.39 is 5.97 Å². The quantitative estimate of drug-likeness (QED) is 0.446. The molecule has 0 amide bonds. The molecule has 0 aliphatic rings. The first-order chi connectivity index (χ1) is 14.1. The fraction of sp³-hybridized carbons (Fsp3) is 0.125. The van der Waals surface area contributed by atoms with Crippen LogP contribution in [0.1, 0.15) is 27.2 Å². The number of carboxylic acid groups (broad SMARTS) is 1. The van der Waals surface area contributed by atoms with Crippen LogP contribution in [0.25, 0.3) is 11.0 Å². The summed E-state index contributed by atoms with van der Waals surface area (Å²) in [7, 11) is 0. The van der Waals surface area contributed by atoms with Crippen LogP contribution in [0, 0.1) is 6.92 Å². The fourth-order valence-corrected chi connectivity index (χ4v) is 3.13. The highest BCUT2D eigenvalue weighted by molar-refractivity contribution is 5.96. The second-order valence-corrected chi connectivity index (χ2v) is 6.70. The number of ether oxygens (including phenoxy) is 2. The molecule has 0 atom stereocenters. The normalized spacial score (nSPS) is 10.8. The lowest BCUT2D eigenvalue weighted by molar-refractivity contribution is 0.0664. The molecule has 0 fully saturated rings. The van der Waals surface area contributed by atoms with Crippen molar-refractivity contribution in [1.29, 1.82) is 0 Å². The average molecular weight is 388 g/mol. The number of carboxylic acids is 1. The Morgan fingerprint density at radius 1 is 0.862 bits per heavy atom. The highest BCUT2D eigenvalue weighted by atomic mass is 16.5. The maximum Gasteiger partial charge on any atom is 0.372 e. The molecule has 0 bridgehead atoms. The van der Waals surface area contributed by atoms with Crippen molar-refractivity contribution in [3.05, 3.63) is 95.2 Å². The van der Waals surface area contributed by atoms with Gasteiger partial charge in [-0.25, -0.2) is 4.79 Å². The molecular weight excluding hydrogens is 368 g/mol. The molecule has 1 aromatic heterocycles. The molecule has 1 heterocycles. The molecule has 3 aromatic carbocycles. The summed E-state index contributed by atoms with van der Waals surface area (Å²) in [5.74, 6) is -0.132. The van der Waals surface area contributed by atoms with Gasteiger partial charge in [0, 0.05) is 17.0 Å². The van der Waals surface area contributed by atoms with Gasteiger partial charge in [0.15, 0.2) is 11.5 Å². The summed E-state index contributed by atoms with van der Waals surface area (Å²) in [6, 6.07) is 23.1. The lowest BCUT2D eigenvalue weighted by atomic mass is 10.1. The molecule has 29 heavy (non-hydrogen) atoms. The first kappa shape index (κ1) is 18.6. The van der Waals surface area contributed by atoms with Crippen molar-refractivity contribution < 1.29 is 23.8 Å². The van der Waals surface area contributed by atoms with Crippen LogP contribution in [0.3, 0.4) is 0 Å². The third-order valence-corrected chi connectivity index (χ3v) is 4.67. The van der Waals surface area contributed by atoms with Gasteiger partial charge in [0.05, 0.1) is 0 Å². The third kappa shape index (κ3) is 4.09.